The number of aryl methyl sites for hydroxylation is 1. The standard InChI is InChI=1S/C26H27NS/c1-20-14-15-24-25(18-20)28-19-21-10-6-7-13-23(21)26(24,22-11-4-2-5-12-22)27-16-8-3-9-17-27/h2,4-7,10-15,18H,3,8-9,16-17,19H2,1H3/t26-/m0/s1. The van der Waals surface area contributed by atoms with Gasteiger partial charge < -0.3 is 0 Å². The second-order valence-electron chi connectivity index (χ2n) is 8.07. The minimum Gasteiger partial charge on any atom is -0.286 e. The number of hydrogen-bond donors (Lipinski definition) is 0. The van der Waals surface area contributed by atoms with E-state index in [1.807, 2.05) is 11.8 Å². The summed E-state index contributed by atoms with van der Waals surface area (Å²) in [5.74, 6) is 1.04. The van der Waals surface area contributed by atoms with Crippen LogP contribution in [-0.2, 0) is 11.3 Å². The Morgan fingerprint density at radius 3 is 2.36 bits per heavy atom. The molecule has 0 bridgehead atoms. The Hall–Kier alpha value is -2.03. The molecule has 0 aromatic heterocycles. The molecule has 1 atom stereocenters. The number of hydrogen-bond acceptors (Lipinski definition) is 2. The van der Waals surface area contributed by atoms with Crippen LogP contribution in [0.15, 0.2) is 77.7 Å². The van der Waals surface area contributed by atoms with Crippen molar-refractivity contribution in [1.82, 2.24) is 4.90 Å². The van der Waals surface area contributed by atoms with Gasteiger partial charge in [-0.2, -0.15) is 0 Å². The Morgan fingerprint density at radius 2 is 1.54 bits per heavy atom. The van der Waals surface area contributed by atoms with Crippen molar-refractivity contribution in [2.45, 2.75) is 42.4 Å². The quantitative estimate of drug-likeness (QED) is 0.503. The summed E-state index contributed by atoms with van der Waals surface area (Å²) in [5.41, 5.74) is 6.94. The van der Waals surface area contributed by atoms with Crippen LogP contribution in [0.4, 0.5) is 0 Å². The molecule has 0 N–H and O–H groups in total. The highest BCUT2D eigenvalue weighted by molar-refractivity contribution is 7.98. The lowest BCUT2D eigenvalue weighted by molar-refractivity contribution is 0.125. The Morgan fingerprint density at radius 1 is 0.786 bits per heavy atom. The third kappa shape index (κ3) is 2.82. The van der Waals surface area contributed by atoms with Crippen molar-refractivity contribution in [3.63, 3.8) is 0 Å². The van der Waals surface area contributed by atoms with E-state index in [0.717, 1.165) is 18.8 Å². The van der Waals surface area contributed by atoms with Crippen LogP contribution in [0.1, 0.15) is 47.1 Å². The van der Waals surface area contributed by atoms with E-state index >= 15 is 0 Å². The second kappa shape index (κ2) is 7.42. The van der Waals surface area contributed by atoms with E-state index in [1.54, 1.807) is 0 Å². The summed E-state index contributed by atoms with van der Waals surface area (Å²) in [6.07, 6.45) is 3.91. The van der Waals surface area contributed by atoms with E-state index in [1.165, 1.54) is 52.0 Å². The average Bonchev–Trinajstić information content (AvgIpc) is 2.90. The fourth-order valence-corrected chi connectivity index (χ4v) is 6.29. The van der Waals surface area contributed by atoms with Crippen LogP contribution in [0, 0.1) is 6.92 Å². The third-order valence-electron chi connectivity index (χ3n) is 6.34. The Kier molecular flexibility index (Phi) is 4.78. The van der Waals surface area contributed by atoms with Gasteiger partial charge in [0.15, 0.2) is 0 Å². The number of rotatable bonds is 2. The summed E-state index contributed by atoms with van der Waals surface area (Å²) in [6, 6.07) is 27.5. The number of fused-ring (bicyclic) bond motifs is 2. The van der Waals surface area contributed by atoms with Gasteiger partial charge in [-0.3, -0.25) is 4.90 Å². The first-order chi connectivity index (χ1) is 13.8. The topological polar surface area (TPSA) is 3.24 Å². The molecule has 1 saturated heterocycles. The maximum absolute atomic E-state index is 2.77. The summed E-state index contributed by atoms with van der Waals surface area (Å²) in [5, 5.41) is 0. The molecular formula is C26H27NS. The number of thioether (sulfide) groups is 1. The van der Waals surface area contributed by atoms with E-state index in [2.05, 4.69) is 84.6 Å². The maximum Gasteiger partial charge on any atom is 0.0986 e. The monoisotopic (exact) mass is 385 g/mol. The second-order valence-corrected chi connectivity index (χ2v) is 9.09. The number of piperidine rings is 1. The number of likely N-dealkylation sites (tertiary alicyclic amines) is 1. The van der Waals surface area contributed by atoms with Crippen LogP contribution in [0.3, 0.4) is 0 Å². The van der Waals surface area contributed by atoms with Gasteiger partial charge in [0.05, 0.1) is 5.54 Å². The van der Waals surface area contributed by atoms with Gasteiger partial charge in [-0.1, -0.05) is 73.2 Å². The summed E-state index contributed by atoms with van der Waals surface area (Å²) >= 11 is 2.00. The lowest BCUT2D eigenvalue weighted by Crippen LogP contribution is -2.50. The number of nitrogens with zero attached hydrogens (tertiary/aromatic N) is 1. The van der Waals surface area contributed by atoms with Gasteiger partial charge >= 0.3 is 0 Å². The van der Waals surface area contributed by atoms with E-state index < -0.39 is 0 Å². The molecule has 1 nitrogen and oxygen atoms in total. The highest BCUT2D eigenvalue weighted by Gasteiger charge is 2.46. The fourth-order valence-electron chi connectivity index (χ4n) is 5.09. The first kappa shape index (κ1) is 18.0. The molecule has 1 fully saturated rings. The van der Waals surface area contributed by atoms with Crippen LogP contribution in [0.5, 0.6) is 0 Å². The van der Waals surface area contributed by atoms with E-state index in [-0.39, 0.29) is 5.54 Å². The molecule has 0 saturated carbocycles. The molecule has 0 aliphatic carbocycles. The predicted molar refractivity (Wildman–Crippen MR) is 119 cm³/mol. The minimum atomic E-state index is -0.204. The van der Waals surface area contributed by atoms with Crippen LogP contribution in [0.25, 0.3) is 0 Å². The van der Waals surface area contributed by atoms with Gasteiger partial charge in [0.1, 0.15) is 0 Å². The molecule has 2 heteroatoms. The van der Waals surface area contributed by atoms with E-state index in [0.29, 0.717) is 0 Å². The van der Waals surface area contributed by atoms with Gasteiger partial charge in [0, 0.05) is 10.6 Å². The molecule has 0 amide bonds. The Balaban J connectivity index is 1.88. The van der Waals surface area contributed by atoms with Crippen LogP contribution in [0.2, 0.25) is 0 Å². The van der Waals surface area contributed by atoms with Crippen molar-refractivity contribution in [2.24, 2.45) is 0 Å². The molecule has 3 aromatic rings. The zero-order valence-electron chi connectivity index (χ0n) is 16.5. The molecule has 2 aliphatic heterocycles. The molecule has 2 heterocycles. The van der Waals surface area contributed by atoms with Gasteiger partial charge in [-0.25, -0.2) is 0 Å². The molecule has 142 valence electrons. The van der Waals surface area contributed by atoms with Crippen molar-refractivity contribution >= 4 is 11.8 Å². The predicted octanol–water partition coefficient (Wildman–Crippen LogP) is 6.38. The fraction of sp³-hybridized carbons (Fsp3) is 0.308. The largest absolute Gasteiger partial charge is 0.286 e. The lowest BCUT2D eigenvalue weighted by atomic mass is 9.73. The highest BCUT2D eigenvalue weighted by atomic mass is 32.2. The summed E-state index contributed by atoms with van der Waals surface area (Å²) in [4.78, 5) is 4.20. The van der Waals surface area contributed by atoms with Crippen LogP contribution in [-0.4, -0.2) is 18.0 Å². The minimum absolute atomic E-state index is 0.204. The first-order valence-corrected chi connectivity index (χ1v) is 11.4. The molecule has 0 spiro atoms. The van der Waals surface area contributed by atoms with E-state index in [4.69, 9.17) is 0 Å². The van der Waals surface area contributed by atoms with Gasteiger partial charge in [0.2, 0.25) is 0 Å². The lowest BCUT2D eigenvalue weighted by Gasteiger charge is -2.48. The maximum atomic E-state index is 2.77. The van der Waals surface area contributed by atoms with Crippen molar-refractivity contribution in [1.29, 1.82) is 0 Å². The normalized spacial score (nSPS) is 22.2. The average molecular weight is 386 g/mol. The van der Waals surface area contributed by atoms with Crippen molar-refractivity contribution in [2.75, 3.05) is 13.1 Å². The molecule has 2 aliphatic rings. The van der Waals surface area contributed by atoms with E-state index in [9.17, 15) is 0 Å². The zero-order chi connectivity index (χ0) is 19.0. The molecular weight excluding hydrogens is 358 g/mol. The van der Waals surface area contributed by atoms with Crippen LogP contribution >= 0.6 is 11.8 Å². The van der Waals surface area contributed by atoms with Crippen molar-refractivity contribution < 1.29 is 0 Å². The summed E-state index contributed by atoms with van der Waals surface area (Å²) in [6.45, 7) is 4.52. The van der Waals surface area contributed by atoms with Gasteiger partial charge in [-0.15, -0.1) is 11.8 Å². The molecule has 5 rings (SSSR count). The molecule has 0 unspecified atom stereocenters. The van der Waals surface area contributed by atoms with Crippen molar-refractivity contribution in [3.8, 4) is 0 Å². The van der Waals surface area contributed by atoms with Crippen LogP contribution < -0.4 is 0 Å². The Labute approximate surface area is 172 Å². The summed E-state index contributed by atoms with van der Waals surface area (Å²) in [7, 11) is 0. The first-order valence-electron chi connectivity index (χ1n) is 10.4. The molecule has 0 radical (unpaired) electrons. The number of benzene rings is 3. The Bertz CT molecular complexity index is 975. The summed E-state index contributed by atoms with van der Waals surface area (Å²) < 4.78 is 0. The third-order valence-corrected chi connectivity index (χ3v) is 7.44. The molecule has 28 heavy (non-hydrogen) atoms. The molecule has 3 aromatic carbocycles. The highest BCUT2D eigenvalue weighted by Crippen LogP contribution is 2.51. The van der Waals surface area contributed by atoms with Gasteiger partial charge in [-0.05, 0) is 66.7 Å². The van der Waals surface area contributed by atoms with Crippen molar-refractivity contribution in [3.05, 3.63) is 101 Å². The van der Waals surface area contributed by atoms with Gasteiger partial charge in [0.25, 0.3) is 0 Å². The smallest absolute Gasteiger partial charge is 0.0986 e. The SMILES string of the molecule is Cc1ccc2c(c1)SCc1ccccc1[C@]2(c1ccccc1)N1CCCCC1. The zero-order valence-corrected chi connectivity index (χ0v) is 17.3.